The largest absolute Gasteiger partial charge is 0.494 e. The maximum absolute atomic E-state index is 13.7. The summed E-state index contributed by atoms with van der Waals surface area (Å²) in [5.74, 6) is 0.151. The lowest BCUT2D eigenvalue weighted by Gasteiger charge is -2.19. The highest BCUT2D eigenvalue weighted by molar-refractivity contribution is 6.02. The summed E-state index contributed by atoms with van der Waals surface area (Å²) in [7, 11) is 3.37. The zero-order valence-corrected chi connectivity index (χ0v) is 16.3. The Hall–Kier alpha value is -3.35. The van der Waals surface area contributed by atoms with Gasteiger partial charge in [0, 0.05) is 24.9 Å². The summed E-state index contributed by atoms with van der Waals surface area (Å²) in [4.78, 5) is 22.0. The number of carbonyl (C=O) groups is 1. The second-order valence-corrected chi connectivity index (χ2v) is 6.71. The highest BCUT2D eigenvalue weighted by Gasteiger charge is 2.11. The first-order valence-electron chi connectivity index (χ1n) is 8.92. The van der Waals surface area contributed by atoms with E-state index in [0.717, 1.165) is 17.0 Å². The molecular weight excluding hydrogens is 359 g/mol. The normalized spacial score (nSPS) is 11.4. The van der Waals surface area contributed by atoms with Gasteiger partial charge in [0.2, 0.25) is 11.9 Å². The number of hydrogen-bond donors (Lipinski definition) is 2. The smallest absolute Gasteiger partial charge is 0.248 e. The van der Waals surface area contributed by atoms with Crippen LogP contribution in [0.4, 0.5) is 16.0 Å². The number of nitrogens with zero attached hydrogens (tertiary/aromatic N) is 2. The van der Waals surface area contributed by atoms with E-state index in [4.69, 9.17) is 4.74 Å². The van der Waals surface area contributed by atoms with Crippen LogP contribution in [0, 0.1) is 5.82 Å². The Bertz CT molecular complexity index is 1030. The number of rotatable bonds is 6. The quantitative estimate of drug-likeness (QED) is 0.627. The van der Waals surface area contributed by atoms with Crippen LogP contribution in [0.1, 0.15) is 19.4 Å². The fraction of sp³-hybridized carbons (Fsp3) is 0.238. The molecule has 146 valence electrons. The summed E-state index contributed by atoms with van der Waals surface area (Å²) >= 11 is 0. The van der Waals surface area contributed by atoms with Crippen molar-refractivity contribution in [1.82, 2.24) is 9.97 Å². The molecule has 2 N–H and O–H groups in total. The predicted octanol–water partition coefficient (Wildman–Crippen LogP) is 4.21. The minimum absolute atomic E-state index is 0.164. The van der Waals surface area contributed by atoms with Gasteiger partial charge >= 0.3 is 0 Å². The number of benzene rings is 2. The van der Waals surface area contributed by atoms with E-state index in [1.165, 1.54) is 25.3 Å². The van der Waals surface area contributed by atoms with Gasteiger partial charge in [0.15, 0.2) is 11.6 Å². The van der Waals surface area contributed by atoms with E-state index in [2.05, 4.69) is 29.1 Å². The molecule has 0 bridgehead atoms. The molecule has 0 saturated carbocycles. The van der Waals surface area contributed by atoms with E-state index in [-0.39, 0.29) is 11.7 Å². The van der Waals surface area contributed by atoms with E-state index in [0.29, 0.717) is 17.3 Å². The average molecular weight is 382 g/mol. The van der Waals surface area contributed by atoms with Crippen molar-refractivity contribution < 1.29 is 13.9 Å². The number of hydrogen-bond acceptors (Lipinski definition) is 4. The first-order chi connectivity index (χ1) is 13.4. The van der Waals surface area contributed by atoms with Crippen LogP contribution in [-0.4, -0.2) is 36.1 Å². The van der Waals surface area contributed by atoms with E-state index < -0.39 is 5.82 Å². The van der Waals surface area contributed by atoms with Crippen molar-refractivity contribution in [2.24, 2.45) is 0 Å². The van der Waals surface area contributed by atoms with Crippen molar-refractivity contribution >= 4 is 34.7 Å². The number of imidazole rings is 1. The number of H-pyrrole nitrogens is 1. The molecule has 0 aliphatic rings. The monoisotopic (exact) mass is 382 g/mol. The van der Waals surface area contributed by atoms with Gasteiger partial charge in [-0.05, 0) is 55.8 Å². The molecule has 3 aromatic rings. The standard InChI is InChI=1S/C21H23FN4O2/c1-13(2)26(3)21-24-17-8-7-15(12-18(17)25-21)23-20(27)10-6-14-5-9-19(28-4)16(22)11-14/h5-13H,1-4H3,(H,23,27)(H,24,25)/b10-6+. The maximum Gasteiger partial charge on any atom is 0.248 e. The first kappa shape index (κ1) is 19.4. The minimum Gasteiger partial charge on any atom is -0.494 e. The Morgan fingerprint density at radius 3 is 2.75 bits per heavy atom. The third-order valence-electron chi connectivity index (χ3n) is 4.45. The summed E-state index contributed by atoms with van der Waals surface area (Å²) in [5, 5.41) is 2.80. The van der Waals surface area contributed by atoms with E-state index in [9.17, 15) is 9.18 Å². The van der Waals surface area contributed by atoms with E-state index >= 15 is 0 Å². The Morgan fingerprint density at radius 2 is 2.07 bits per heavy atom. The first-order valence-corrected chi connectivity index (χ1v) is 8.92. The molecule has 28 heavy (non-hydrogen) atoms. The predicted molar refractivity (Wildman–Crippen MR) is 110 cm³/mol. The van der Waals surface area contributed by atoms with E-state index in [1.54, 1.807) is 18.2 Å². The Kier molecular flexibility index (Phi) is 5.63. The van der Waals surface area contributed by atoms with Crippen LogP contribution in [0.5, 0.6) is 5.75 Å². The lowest BCUT2D eigenvalue weighted by atomic mass is 10.2. The van der Waals surface area contributed by atoms with Crippen molar-refractivity contribution in [3.05, 3.63) is 53.9 Å². The third-order valence-corrected chi connectivity index (χ3v) is 4.45. The number of anilines is 2. The SMILES string of the molecule is COc1ccc(/C=C/C(=O)Nc2ccc3nc(N(C)C(C)C)[nH]c3c2)cc1F. The molecule has 0 fully saturated rings. The number of aromatic nitrogens is 2. The molecule has 0 radical (unpaired) electrons. The van der Waals surface area contributed by atoms with Gasteiger partial charge < -0.3 is 19.9 Å². The van der Waals surface area contributed by atoms with Crippen molar-refractivity contribution in [3.63, 3.8) is 0 Å². The van der Waals surface area contributed by atoms with Gasteiger partial charge in [-0.3, -0.25) is 4.79 Å². The summed E-state index contributed by atoms with van der Waals surface area (Å²) in [6, 6.07) is 10.3. The summed E-state index contributed by atoms with van der Waals surface area (Å²) < 4.78 is 18.6. The molecule has 0 unspecified atom stereocenters. The molecule has 0 saturated heterocycles. The Balaban J connectivity index is 1.71. The molecule has 3 rings (SSSR count). The van der Waals surface area contributed by atoms with Crippen LogP contribution < -0.4 is 15.0 Å². The van der Waals surface area contributed by atoms with Crippen LogP contribution in [-0.2, 0) is 4.79 Å². The molecule has 1 aromatic heterocycles. The molecule has 2 aromatic carbocycles. The van der Waals surface area contributed by atoms with Gasteiger partial charge in [-0.15, -0.1) is 0 Å². The fourth-order valence-corrected chi connectivity index (χ4v) is 2.63. The molecule has 0 aliphatic carbocycles. The molecule has 0 spiro atoms. The van der Waals surface area contributed by atoms with E-state index in [1.807, 2.05) is 24.1 Å². The van der Waals surface area contributed by atoms with Crippen molar-refractivity contribution in [3.8, 4) is 5.75 Å². The van der Waals surface area contributed by atoms with Gasteiger partial charge in [-0.25, -0.2) is 9.37 Å². The molecule has 1 heterocycles. The second-order valence-electron chi connectivity index (χ2n) is 6.71. The van der Waals surface area contributed by atoms with Crippen LogP contribution in [0.3, 0.4) is 0 Å². The zero-order valence-electron chi connectivity index (χ0n) is 16.3. The van der Waals surface area contributed by atoms with Crippen LogP contribution >= 0.6 is 0 Å². The number of carbonyl (C=O) groups excluding carboxylic acids is 1. The van der Waals surface area contributed by atoms with Crippen LogP contribution in [0.25, 0.3) is 17.1 Å². The molecule has 6 nitrogen and oxygen atoms in total. The number of aromatic amines is 1. The number of methoxy groups -OCH3 is 1. The molecular formula is C21H23FN4O2. The lowest BCUT2D eigenvalue weighted by Crippen LogP contribution is -2.26. The lowest BCUT2D eigenvalue weighted by molar-refractivity contribution is -0.111. The van der Waals surface area contributed by atoms with Crippen LogP contribution in [0.15, 0.2) is 42.5 Å². The fourth-order valence-electron chi connectivity index (χ4n) is 2.63. The highest BCUT2D eigenvalue weighted by atomic mass is 19.1. The number of nitrogens with one attached hydrogen (secondary N) is 2. The molecule has 1 amide bonds. The second kappa shape index (κ2) is 8.12. The van der Waals surface area contributed by atoms with Crippen molar-refractivity contribution in [2.75, 3.05) is 24.4 Å². The summed E-state index contributed by atoms with van der Waals surface area (Å²) in [6.07, 6.45) is 2.90. The van der Waals surface area contributed by atoms with Crippen molar-refractivity contribution in [2.45, 2.75) is 19.9 Å². The third kappa shape index (κ3) is 4.31. The van der Waals surface area contributed by atoms with Crippen LogP contribution in [0.2, 0.25) is 0 Å². The van der Waals surface area contributed by atoms with Gasteiger partial charge in [0.25, 0.3) is 0 Å². The Morgan fingerprint density at radius 1 is 1.29 bits per heavy atom. The highest BCUT2D eigenvalue weighted by Crippen LogP contribution is 2.22. The summed E-state index contributed by atoms with van der Waals surface area (Å²) in [5.41, 5.74) is 2.87. The summed E-state index contributed by atoms with van der Waals surface area (Å²) in [6.45, 7) is 4.17. The number of amides is 1. The van der Waals surface area contributed by atoms with Gasteiger partial charge in [-0.1, -0.05) is 6.07 Å². The average Bonchev–Trinajstić information content (AvgIpc) is 3.09. The van der Waals surface area contributed by atoms with Crippen molar-refractivity contribution in [1.29, 1.82) is 0 Å². The number of halogens is 1. The molecule has 7 heteroatoms. The molecule has 0 aliphatic heterocycles. The van der Waals surface area contributed by atoms with Gasteiger partial charge in [0.05, 0.1) is 18.1 Å². The topological polar surface area (TPSA) is 70.2 Å². The maximum atomic E-state index is 13.7. The minimum atomic E-state index is -0.475. The molecule has 0 atom stereocenters. The number of fused-ring (bicyclic) bond motifs is 1. The number of ether oxygens (including phenoxy) is 1. The van der Waals surface area contributed by atoms with Gasteiger partial charge in [-0.2, -0.15) is 0 Å². The van der Waals surface area contributed by atoms with Gasteiger partial charge in [0.1, 0.15) is 0 Å². The Labute approximate surface area is 163 Å². The zero-order chi connectivity index (χ0) is 20.3.